The summed E-state index contributed by atoms with van der Waals surface area (Å²) in [6, 6.07) is 5.49. The first kappa shape index (κ1) is 11.5. The van der Waals surface area contributed by atoms with Crippen molar-refractivity contribution in [3.63, 3.8) is 0 Å². The predicted molar refractivity (Wildman–Crippen MR) is 66.6 cm³/mol. The Morgan fingerprint density at radius 1 is 1.37 bits per heavy atom. The molecule has 0 fully saturated rings. The summed E-state index contributed by atoms with van der Waals surface area (Å²) in [5, 5.41) is 10.6. The zero-order valence-electron chi connectivity index (χ0n) is 10.2. The summed E-state index contributed by atoms with van der Waals surface area (Å²) in [4.78, 5) is 11.7. The molecule has 0 spiro atoms. The van der Waals surface area contributed by atoms with E-state index < -0.39 is 0 Å². The molecule has 0 aromatic carbocycles. The van der Waals surface area contributed by atoms with Crippen LogP contribution in [0.3, 0.4) is 0 Å². The van der Waals surface area contributed by atoms with Gasteiger partial charge in [0, 0.05) is 25.4 Å². The fraction of sp³-hybridized carbons (Fsp3) is 0.250. The van der Waals surface area contributed by atoms with Crippen LogP contribution in [0.1, 0.15) is 11.6 Å². The van der Waals surface area contributed by atoms with E-state index in [-0.39, 0.29) is 5.69 Å². The monoisotopic (exact) mass is 259 g/mol. The van der Waals surface area contributed by atoms with Gasteiger partial charge < -0.3 is 4.42 Å². The van der Waals surface area contributed by atoms with E-state index in [4.69, 9.17) is 4.42 Å². The van der Waals surface area contributed by atoms with E-state index >= 15 is 0 Å². The summed E-state index contributed by atoms with van der Waals surface area (Å²) in [6.07, 6.45) is 5.81. The molecule has 0 amide bonds. The maximum Gasteiger partial charge on any atom is 0.343 e. The van der Waals surface area contributed by atoms with E-state index in [0.717, 1.165) is 5.76 Å². The Kier molecular flexibility index (Phi) is 3.01. The summed E-state index contributed by atoms with van der Waals surface area (Å²) in [5.41, 5.74) is -0.230. The van der Waals surface area contributed by atoms with E-state index in [0.29, 0.717) is 25.3 Å². The van der Waals surface area contributed by atoms with Crippen LogP contribution >= 0.6 is 0 Å². The number of nitrogens with one attached hydrogen (secondary N) is 1. The predicted octanol–water partition coefficient (Wildman–Crippen LogP) is 0.652. The molecule has 0 atom stereocenters. The maximum atomic E-state index is 11.7. The number of hydrogen-bond acceptors (Lipinski definition) is 4. The number of rotatable bonds is 5. The molecule has 3 rings (SSSR count). The summed E-state index contributed by atoms with van der Waals surface area (Å²) in [7, 11) is 0. The third kappa shape index (κ3) is 2.49. The van der Waals surface area contributed by atoms with Crippen molar-refractivity contribution in [1.29, 1.82) is 0 Å². The van der Waals surface area contributed by atoms with Gasteiger partial charge in [0.25, 0.3) is 0 Å². The van der Waals surface area contributed by atoms with Crippen LogP contribution in [-0.2, 0) is 19.5 Å². The summed E-state index contributed by atoms with van der Waals surface area (Å²) < 4.78 is 8.62. The lowest BCUT2D eigenvalue weighted by atomic mass is 10.3. The van der Waals surface area contributed by atoms with E-state index in [1.165, 1.54) is 0 Å². The molecule has 3 heterocycles. The van der Waals surface area contributed by atoms with Crippen molar-refractivity contribution in [3.8, 4) is 0 Å². The lowest BCUT2D eigenvalue weighted by Gasteiger charge is -2.04. The van der Waals surface area contributed by atoms with Crippen molar-refractivity contribution in [3.05, 3.63) is 58.9 Å². The Morgan fingerprint density at radius 3 is 3.05 bits per heavy atom. The van der Waals surface area contributed by atoms with Crippen LogP contribution in [-0.4, -0.2) is 24.5 Å². The second-order valence-corrected chi connectivity index (χ2v) is 4.13. The molecule has 0 bridgehead atoms. The number of furan rings is 1. The molecule has 3 aromatic rings. The van der Waals surface area contributed by atoms with Crippen LogP contribution in [0, 0.1) is 0 Å². The molecule has 3 aromatic heterocycles. The summed E-state index contributed by atoms with van der Waals surface area (Å²) in [6.45, 7) is 1.06. The van der Waals surface area contributed by atoms with Crippen LogP contribution in [0.15, 0.2) is 46.1 Å². The molecule has 0 saturated heterocycles. The highest BCUT2D eigenvalue weighted by molar-refractivity contribution is 5.01. The smallest absolute Gasteiger partial charge is 0.343 e. The molecule has 0 aliphatic heterocycles. The first-order valence-electron chi connectivity index (χ1n) is 5.97. The molecule has 1 N–H and O–H groups in total. The molecule has 0 radical (unpaired) electrons. The van der Waals surface area contributed by atoms with Gasteiger partial charge in [0.05, 0.1) is 12.8 Å². The minimum absolute atomic E-state index is 0.230. The average Bonchev–Trinajstić information content (AvgIpc) is 3.13. The number of aromatic nitrogens is 5. The SMILES string of the molecule is O=c1[nH]nc(CCn2cccn2)n1Cc1ccco1. The van der Waals surface area contributed by atoms with Gasteiger partial charge >= 0.3 is 5.69 Å². The van der Waals surface area contributed by atoms with Crippen LogP contribution in [0.5, 0.6) is 0 Å². The molecular formula is C12H13N5O2. The number of aryl methyl sites for hydroxylation is 2. The van der Waals surface area contributed by atoms with Crippen LogP contribution in [0.4, 0.5) is 0 Å². The van der Waals surface area contributed by atoms with Gasteiger partial charge in [0.15, 0.2) is 0 Å². The number of H-pyrrole nitrogens is 1. The Morgan fingerprint density at radius 2 is 2.32 bits per heavy atom. The zero-order valence-corrected chi connectivity index (χ0v) is 10.2. The Hall–Kier alpha value is -2.57. The van der Waals surface area contributed by atoms with Gasteiger partial charge in [0.2, 0.25) is 0 Å². The lowest BCUT2D eigenvalue weighted by Crippen LogP contribution is -2.20. The molecule has 0 unspecified atom stereocenters. The highest BCUT2D eigenvalue weighted by Crippen LogP contribution is 2.04. The van der Waals surface area contributed by atoms with E-state index in [9.17, 15) is 4.79 Å². The highest BCUT2D eigenvalue weighted by Gasteiger charge is 2.10. The van der Waals surface area contributed by atoms with Gasteiger partial charge in [-0.15, -0.1) is 0 Å². The van der Waals surface area contributed by atoms with Crippen molar-refractivity contribution in [2.24, 2.45) is 0 Å². The maximum absolute atomic E-state index is 11.7. The molecule has 0 saturated carbocycles. The van der Waals surface area contributed by atoms with E-state index in [2.05, 4.69) is 15.3 Å². The molecule has 0 aliphatic carbocycles. The minimum Gasteiger partial charge on any atom is -0.467 e. The second kappa shape index (κ2) is 4.97. The van der Waals surface area contributed by atoms with Crippen LogP contribution < -0.4 is 5.69 Å². The third-order valence-electron chi connectivity index (χ3n) is 2.86. The van der Waals surface area contributed by atoms with Crippen molar-refractivity contribution < 1.29 is 4.42 Å². The van der Waals surface area contributed by atoms with Crippen LogP contribution in [0.2, 0.25) is 0 Å². The highest BCUT2D eigenvalue weighted by atomic mass is 16.3. The van der Waals surface area contributed by atoms with Gasteiger partial charge in [-0.05, 0) is 18.2 Å². The van der Waals surface area contributed by atoms with Gasteiger partial charge in [-0.2, -0.15) is 10.2 Å². The molecule has 0 aliphatic rings. The largest absolute Gasteiger partial charge is 0.467 e. The molecule has 7 nitrogen and oxygen atoms in total. The van der Waals surface area contributed by atoms with Gasteiger partial charge in [-0.25, -0.2) is 9.89 Å². The topological polar surface area (TPSA) is 81.6 Å². The number of hydrogen-bond donors (Lipinski definition) is 1. The summed E-state index contributed by atoms with van der Waals surface area (Å²) in [5.74, 6) is 1.42. The van der Waals surface area contributed by atoms with Crippen molar-refractivity contribution in [2.75, 3.05) is 0 Å². The van der Waals surface area contributed by atoms with Gasteiger partial charge in [-0.3, -0.25) is 9.25 Å². The fourth-order valence-corrected chi connectivity index (χ4v) is 1.91. The number of nitrogens with zero attached hydrogens (tertiary/aromatic N) is 4. The summed E-state index contributed by atoms with van der Waals surface area (Å²) >= 11 is 0. The van der Waals surface area contributed by atoms with Gasteiger partial charge in [0.1, 0.15) is 11.6 Å². The standard InChI is InChI=1S/C12H13N5O2/c18-12-15-14-11(4-7-16-6-2-5-13-16)17(12)9-10-3-1-8-19-10/h1-3,5-6,8H,4,7,9H2,(H,15,18). The first-order chi connectivity index (χ1) is 9.33. The molecule has 7 heteroatoms. The molecule has 98 valence electrons. The molecular weight excluding hydrogens is 246 g/mol. The minimum atomic E-state index is -0.230. The van der Waals surface area contributed by atoms with Crippen LogP contribution in [0.25, 0.3) is 0 Å². The third-order valence-corrected chi connectivity index (χ3v) is 2.86. The Balaban J connectivity index is 1.76. The van der Waals surface area contributed by atoms with Crippen molar-refractivity contribution in [2.45, 2.75) is 19.5 Å². The van der Waals surface area contributed by atoms with E-state index in [1.807, 2.05) is 18.3 Å². The first-order valence-corrected chi connectivity index (χ1v) is 5.97. The quantitative estimate of drug-likeness (QED) is 0.729. The van der Waals surface area contributed by atoms with Gasteiger partial charge in [-0.1, -0.05) is 0 Å². The fourth-order valence-electron chi connectivity index (χ4n) is 1.91. The van der Waals surface area contributed by atoms with Crippen molar-refractivity contribution >= 4 is 0 Å². The normalized spacial score (nSPS) is 10.9. The Labute approximate surface area is 108 Å². The average molecular weight is 259 g/mol. The zero-order chi connectivity index (χ0) is 13.1. The molecule has 19 heavy (non-hydrogen) atoms. The number of aromatic amines is 1. The second-order valence-electron chi connectivity index (χ2n) is 4.13. The van der Waals surface area contributed by atoms with Crippen molar-refractivity contribution in [1.82, 2.24) is 24.5 Å². The Bertz CT molecular complexity index is 678. The van der Waals surface area contributed by atoms with E-state index in [1.54, 1.807) is 27.8 Å². The lowest BCUT2D eigenvalue weighted by molar-refractivity contribution is 0.481.